The highest BCUT2D eigenvalue weighted by Gasteiger charge is 2.48. The highest BCUT2D eigenvalue weighted by molar-refractivity contribution is 5.85. The number of aromatic amines is 1. The quantitative estimate of drug-likeness (QED) is 0.841. The summed E-state index contributed by atoms with van der Waals surface area (Å²) >= 11 is 0. The van der Waals surface area contributed by atoms with Gasteiger partial charge in [0, 0.05) is 30.3 Å². The Labute approximate surface area is 149 Å². The van der Waals surface area contributed by atoms with Gasteiger partial charge >= 0.3 is 0 Å². The zero-order chi connectivity index (χ0) is 17.4. The van der Waals surface area contributed by atoms with Crippen molar-refractivity contribution in [3.63, 3.8) is 0 Å². The van der Waals surface area contributed by atoms with Gasteiger partial charge in [-0.1, -0.05) is 25.1 Å². The van der Waals surface area contributed by atoms with Crippen molar-refractivity contribution in [3.8, 4) is 0 Å². The van der Waals surface area contributed by atoms with E-state index in [4.69, 9.17) is 4.74 Å². The van der Waals surface area contributed by atoms with Gasteiger partial charge in [-0.2, -0.15) is 0 Å². The highest BCUT2D eigenvalue weighted by Crippen LogP contribution is 2.53. The molecule has 4 nitrogen and oxygen atoms in total. The fraction of sp³-hybridized carbons (Fsp3) is 0.571. The van der Waals surface area contributed by atoms with Gasteiger partial charge in [-0.15, -0.1) is 0 Å². The van der Waals surface area contributed by atoms with E-state index in [1.54, 1.807) is 7.11 Å². The lowest BCUT2D eigenvalue weighted by atomic mass is 9.65. The lowest BCUT2D eigenvalue weighted by Gasteiger charge is -2.52. The van der Waals surface area contributed by atoms with Crippen LogP contribution in [0.15, 0.2) is 24.3 Å². The van der Waals surface area contributed by atoms with E-state index in [9.17, 15) is 4.79 Å². The van der Waals surface area contributed by atoms with E-state index in [1.165, 1.54) is 28.6 Å². The van der Waals surface area contributed by atoms with Crippen molar-refractivity contribution >= 4 is 17.2 Å². The number of carbonyl (C=O) groups excluding carboxylic acids is 1. The molecule has 4 heteroatoms. The first-order chi connectivity index (χ1) is 12.2. The zero-order valence-corrected chi connectivity index (χ0v) is 15.3. The first-order valence-electron chi connectivity index (χ1n) is 9.54. The molecule has 0 bridgehead atoms. The number of methoxy groups -OCH3 is 1. The maximum atomic E-state index is 11.5. The minimum Gasteiger partial charge on any atom is -0.374 e. The number of benzene rings is 1. The number of nitrogens with one attached hydrogen (secondary N) is 1. The van der Waals surface area contributed by atoms with Crippen LogP contribution in [0.3, 0.4) is 0 Å². The number of aldehydes is 1. The van der Waals surface area contributed by atoms with Gasteiger partial charge in [0.15, 0.2) is 0 Å². The molecule has 1 N–H and O–H groups in total. The molecule has 3 unspecified atom stereocenters. The molecule has 1 saturated heterocycles. The topological polar surface area (TPSA) is 45.3 Å². The first-order valence-corrected chi connectivity index (χ1v) is 9.54. The van der Waals surface area contributed by atoms with E-state index >= 15 is 0 Å². The molecule has 3 atom stereocenters. The summed E-state index contributed by atoms with van der Waals surface area (Å²) in [7, 11) is 1.65. The zero-order valence-electron chi connectivity index (χ0n) is 15.3. The minimum atomic E-state index is -0.311. The molecule has 25 heavy (non-hydrogen) atoms. The Kier molecular flexibility index (Phi) is 4.42. The van der Waals surface area contributed by atoms with E-state index in [1.807, 2.05) is 0 Å². The Bertz CT molecular complexity index is 768. The molecule has 1 aromatic carbocycles. The Morgan fingerprint density at radius 2 is 2.24 bits per heavy atom. The van der Waals surface area contributed by atoms with Crippen molar-refractivity contribution in [2.24, 2.45) is 5.41 Å². The van der Waals surface area contributed by atoms with Crippen LogP contribution in [0.2, 0.25) is 0 Å². The smallest absolute Gasteiger partial charge is 0.148 e. The van der Waals surface area contributed by atoms with Gasteiger partial charge in [-0.05, 0) is 55.7 Å². The number of hydrogen-bond donors (Lipinski definition) is 1. The predicted molar refractivity (Wildman–Crippen MR) is 99.8 cm³/mol. The van der Waals surface area contributed by atoms with Crippen molar-refractivity contribution < 1.29 is 9.53 Å². The van der Waals surface area contributed by atoms with Crippen LogP contribution in [-0.2, 0) is 16.0 Å². The summed E-state index contributed by atoms with van der Waals surface area (Å²) in [5, 5.41) is 1.37. The van der Waals surface area contributed by atoms with Gasteiger partial charge in [-0.3, -0.25) is 4.90 Å². The standard InChI is InChI=1S/C21H28N2O2/c1-3-21(13-15(14-24)25-2)10-6-11-23-12-9-17-16-7-4-5-8-18(16)22-19(17)20(21)23/h4-5,7-8,14-15,20,22H,3,6,9-13H2,1-2H3. The lowest BCUT2D eigenvalue weighted by Crippen LogP contribution is -2.50. The molecule has 2 aliphatic rings. The first kappa shape index (κ1) is 16.8. The summed E-state index contributed by atoms with van der Waals surface area (Å²) in [6, 6.07) is 9.01. The summed E-state index contributed by atoms with van der Waals surface area (Å²) < 4.78 is 5.46. The van der Waals surface area contributed by atoms with Crippen LogP contribution in [0.1, 0.15) is 49.9 Å². The van der Waals surface area contributed by atoms with E-state index in [-0.39, 0.29) is 11.5 Å². The number of fused-ring (bicyclic) bond motifs is 5. The van der Waals surface area contributed by atoms with Crippen LogP contribution >= 0.6 is 0 Å². The molecule has 1 aromatic heterocycles. The van der Waals surface area contributed by atoms with Gasteiger partial charge in [0.05, 0.1) is 6.04 Å². The molecule has 1 fully saturated rings. The number of ether oxygens (including phenoxy) is 1. The molecule has 2 aromatic rings. The second-order valence-corrected chi connectivity index (χ2v) is 7.69. The Morgan fingerprint density at radius 1 is 1.40 bits per heavy atom. The molecule has 0 saturated carbocycles. The average Bonchev–Trinajstić information content (AvgIpc) is 3.04. The molecule has 0 spiro atoms. The summed E-state index contributed by atoms with van der Waals surface area (Å²) in [6.07, 6.45) is 6.01. The minimum absolute atomic E-state index is 0.0931. The number of rotatable bonds is 5. The molecule has 4 rings (SSSR count). The van der Waals surface area contributed by atoms with Crippen molar-refractivity contribution in [2.45, 2.75) is 51.2 Å². The van der Waals surface area contributed by atoms with Crippen molar-refractivity contribution in [1.29, 1.82) is 0 Å². The highest BCUT2D eigenvalue weighted by atomic mass is 16.5. The molecule has 2 aliphatic heterocycles. The third kappa shape index (κ3) is 2.63. The van der Waals surface area contributed by atoms with E-state index in [2.05, 4.69) is 41.1 Å². The molecule has 0 amide bonds. The average molecular weight is 340 g/mol. The largest absolute Gasteiger partial charge is 0.374 e. The molecule has 0 radical (unpaired) electrons. The Balaban J connectivity index is 1.82. The van der Waals surface area contributed by atoms with E-state index < -0.39 is 0 Å². The molecule has 0 aliphatic carbocycles. The van der Waals surface area contributed by atoms with E-state index in [0.29, 0.717) is 6.04 Å². The third-order valence-corrected chi connectivity index (χ3v) is 6.60. The fourth-order valence-electron chi connectivity index (χ4n) is 5.31. The molecule has 3 heterocycles. The SMILES string of the molecule is CCC1(CC(C=O)OC)CCCN2CCc3c([nH]c4ccccc34)C21. The summed E-state index contributed by atoms with van der Waals surface area (Å²) in [5.74, 6) is 0. The normalized spacial score (nSPS) is 27.7. The van der Waals surface area contributed by atoms with Gasteiger partial charge in [0.25, 0.3) is 0 Å². The monoisotopic (exact) mass is 340 g/mol. The molecular formula is C21H28N2O2. The maximum absolute atomic E-state index is 11.5. The van der Waals surface area contributed by atoms with Crippen LogP contribution in [0, 0.1) is 5.41 Å². The number of piperidine rings is 1. The predicted octanol–water partition coefficient (Wildman–Crippen LogP) is 3.86. The number of aromatic nitrogens is 1. The second kappa shape index (κ2) is 6.58. The Hall–Kier alpha value is -1.65. The van der Waals surface area contributed by atoms with Crippen LogP contribution in [0.4, 0.5) is 0 Å². The van der Waals surface area contributed by atoms with Crippen LogP contribution < -0.4 is 0 Å². The van der Waals surface area contributed by atoms with Gasteiger partial charge < -0.3 is 14.5 Å². The molecular weight excluding hydrogens is 312 g/mol. The van der Waals surface area contributed by atoms with Crippen LogP contribution in [0.5, 0.6) is 0 Å². The van der Waals surface area contributed by atoms with Crippen LogP contribution in [-0.4, -0.2) is 42.5 Å². The fourth-order valence-corrected chi connectivity index (χ4v) is 5.31. The third-order valence-electron chi connectivity index (χ3n) is 6.60. The molecule has 134 valence electrons. The van der Waals surface area contributed by atoms with Gasteiger partial charge in [0.2, 0.25) is 0 Å². The number of hydrogen-bond acceptors (Lipinski definition) is 3. The number of H-pyrrole nitrogens is 1. The second-order valence-electron chi connectivity index (χ2n) is 7.69. The van der Waals surface area contributed by atoms with Crippen LogP contribution in [0.25, 0.3) is 10.9 Å². The maximum Gasteiger partial charge on any atom is 0.148 e. The van der Waals surface area contributed by atoms with E-state index in [0.717, 1.165) is 45.1 Å². The van der Waals surface area contributed by atoms with Crippen molar-refractivity contribution in [1.82, 2.24) is 9.88 Å². The van der Waals surface area contributed by atoms with Crippen molar-refractivity contribution in [2.75, 3.05) is 20.2 Å². The van der Waals surface area contributed by atoms with Gasteiger partial charge in [0.1, 0.15) is 12.4 Å². The number of nitrogens with zero attached hydrogens (tertiary/aromatic N) is 1. The Morgan fingerprint density at radius 3 is 3.00 bits per heavy atom. The summed E-state index contributed by atoms with van der Waals surface area (Å²) in [6.45, 7) is 4.54. The van der Waals surface area contributed by atoms with Gasteiger partial charge in [-0.25, -0.2) is 0 Å². The number of para-hydroxylation sites is 1. The lowest BCUT2D eigenvalue weighted by molar-refractivity contribution is -0.121. The summed E-state index contributed by atoms with van der Waals surface area (Å²) in [4.78, 5) is 17.9. The van der Waals surface area contributed by atoms with Crippen molar-refractivity contribution in [3.05, 3.63) is 35.5 Å². The number of carbonyl (C=O) groups is 1. The summed E-state index contributed by atoms with van der Waals surface area (Å²) in [5.41, 5.74) is 4.20.